The van der Waals surface area contributed by atoms with E-state index in [1.54, 1.807) is 0 Å². The van der Waals surface area contributed by atoms with E-state index in [0.29, 0.717) is 24.0 Å². The van der Waals surface area contributed by atoms with Gasteiger partial charge in [-0.2, -0.15) is 0 Å². The number of nitrogens with two attached hydrogens (primary N) is 1. The van der Waals surface area contributed by atoms with Crippen LogP contribution < -0.4 is 10.5 Å². The third kappa shape index (κ3) is 2.79. The normalized spacial score (nSPS) is 31.8. The second kappa shape index (κ2) is 5.54. The summed E-state index contributed by atoms with van der Waals surface area (Å²) in [5.74, 6) is 2.30. The van der Waals surface area contributed by atoms with Crippen molar-refractivity contribution in [1.29, 1.82) is 0 Å². The van der Waals surface area contributed by atoms with Gasteiger partial charge in [0.1, 0.15) is 5.75 Å². The Morgan fingerprint density at radius 3 is 2.32 bits per heavy atom. The minimum Gasteiger partial charge on any atom is -0.490 e. The second-order valence-corrected chi connectivity index (χ2v) is 6.31. The third-order valence-electron chi connectivity index (χ3n) is 5.00. The lowest BCUT2D eigenvalue weighted by Gasteiger charge is -2.41. The highest BCUT2D eigenvalue weighted by Gasteiger charge is 2.35. The van der Waals surface area contributed by atoms with Gasteiger partial charge in [-0.1, -0.05) is 25.5 Å². The van der Waals surface area contributed by atoms with Crippen molar-refractivity contribution in [3.63, 3.8) is 0 Å². The van der Waals surface area contributed by atoms with E-state index in [9.17, 15) is 0 Å². The molecule has 2 aliphatic rings. The highest BCUT2D eigenvalue weighted by molar-refractivity contribution is 5.31. The second-order valence-electron chi connectivity index (χ2n) is 6.31. The molecule has 0 amide bonds. The van der Waals surface area contributed by atoms with E-state index in [1.165, 1.54) is 37.7 Å². The summed E-state index contributed by atoms with van der Waals surface area (Å²) in [7, 11) is 0. The van der Waals surface area contributed by atoms with Gasteiger partial charge >= 0.3 is 0 Å². The van der Waals surface area contributed by atoms with E-state index in [4.69, 9.17) is 10.5 Å². The summed E-state index contributed by atoms with van der Waals surface area (Å²) in [6.45, 7) is 2.26. The van der Waals surface area contributed by atoms with Gasteiger partial charge in [0.05, 0.1) is 6.10 Å². The van der Waals surface area contributed by atoms with Gasteiger partial charge in [0.2, 0.25) is 0 Å². The molecule has 2 N–H and O–H groups in total. The van der Waals surface area contributed by atoms with E-state index in [0.717, 1.165) is 12.2 Å². The minimum atomic E-state index is 0.392. The Labute approximate surface area is 116 Å². The summed E-state index contributed by atoms with van der Waals surface area (Å²) in [4.78, 5) is 0. The summed E-state index contributed by atoms with van der Waals surface area (Å²) in [6, 6.07) is 9.13. The maximum Gasteiger partial charge on any atom is 0.119 e. The lowest BCUT2D eigenvalue weighted by Crippen LogP contribution is -2.44. The van der Waals surface area contributed by atoms with Gasteiger partial charge in [-0.25, -0.2) is 0 Å². The molecule has 3 atom stereocenters. The van der Waals surface area contributed by atoms with Crippen LogP contribution in [0.3, 0.4) is 0 Å². The summed E-state index contributed by atoms with van der Waals surface area (Å²) >= 11 is 0. The van der Waals surface area contributed by atoms with Crippen molar-refractivity contribution in [3.05, 3.63) is 29.8 Å². The van der Waals surface area contributed by atoms with Gasteiger partial charge in [0.15, 0.2) is 0 Å². The fraction of sp³-hybridized carbons (Fsp3) is 0.647. The van der Waals surface area contributed by atoms with Crippen molar-refractivity contribution >= 4 is 0 Å². The van der Waals surface area contributed by atoms with E-state index < -0.39 is 0 Å². The molecule has 1 aromatic rings. The zero-order valence-electron chi connectivity index (χ0n) is 11.8. The molecule has 2 aliphatic carbocycles. The number of hydrogen-bond acceptors (Lipinski definition) is 2. The first-order chi connectivity index (χ1) is 9.24. The molecule has 0 saturated heterocycles. The van der Waals surface area contributed by atoms with Crippen molar-refractivity contribution in [2.24, 2.45) is 11.7 Å². The molecule has 3 unspecified atom stereocenters. The highest BCUT2D eigenvalue weighted by atomic mass is 16.5. The Bertz CT molecular complexity index is 408. The fourth-order valence-corrected chi connectivity index (χ4v) is 3.43. The van der Waals surface area contributed by atoms with Gasteiger partial charge in [0.25, 0.3) is 0 Å². The molecular formula is C17H25NO. The Morgan fingerprint density at radius 2 is 1.74 bits per heavy atom. The molecule has 2 heteroatoms. The van der Waals surface area contributed by atoms with Crippen molar-refractivity contribution < 1.29 is 4.74 Å². The summed E-state index contributed by atoms with van der Waals surface area (Å²) in [5.41, 5.74) is 7.40. The van der Waals surface area contributed by atoms with Crippen molar-refractivity contribution in [1.82, 2.24) is 0 Å². The Hall–Kier alpha value is -1.02. The number of ether oxygens (including phenoxy) is 1. The molecule has 1 aromatic carbocycles. The maximum absolute atomic E-state index is 6.06. The molecule has 0 bridgehead atoms. The van der Waals surface area contributed by atoms with Gasteiger partial charge < -0.3 is 10.5 Å². The average Bonchev–Trinajstić information content (AvgIpc) is 2.46. The monoisotopic (exact) mass is 259 g/mol. The Kier molecular flexibility index (Phi) is 3.79. The van der Waals surface area contributed by atoms with Crippen LogP contribution >= 0.6 is 0 Å². The zero-order valence-corrected chi connectivity index (χ0v) is 11.8. The van der Waals surface area contributed by atoms with Gasteiger partial charge in [-0.3, -0.25) is 0 Å². The molecule has 2 fully saturated rings. The van der Waals surface area contributed by atoms with Crippen LogP contribution in [0.5, 0.6) is 5.75 Å². The van der Waals surface area contributed by atoms with Crippen molar-refractivity contribution in [2.45, 2.75) is 63.5 Å². The van der Waals surface area contributed by atoms with Gasteiger partial charge in [-0.05, 0) is 61.6 Å². The first-order valence-corrected chi connectivity index (χ1v) is 7.76. The largest absolute Gasteiger partial charge is 0.490 e. The predicted octanol–water partition coefficient (Wildman–Crippen LogP) is 3.85. The van der Waals surface area contributed by atoms with Crippen LogP contribution in [0.2, 0.25) is 0 Å². The van der Waals surface area contributed by atoms with Crippen molar-refractivity contribution in [3.8, 4) is 5.75 Å². The van der Waals surface area contributed by atoms with Crippen LogP contribution in [0.25, 0.3) is 0 Å². The minimum absolute atomic E-state index is 0.392. The van der Waals surface area contributed by atoms with E-state index in [-0.39, 0.29) is 0 Å². The lowest BCUT2D eigenvalue weighted by atomic mass is 9.67. The van der Waals surface area contributed by atoms with Crippen LogP contribution in [0.4, 0.5) is 0 Å². The van der Waals surface area contributed by atoms with Crippen LogP contribution in [-0.4, -0.2) is 12.1 Å². The smallest absolute Gasteiger partial charge is 0.119 e. The first-order valence-electron chi connectivity index (χ1n) is 7.76. The summed E-state index contributed by atoms with van der Waals surface area (Å²) < 4.78 is 6.06. The first kappa shape index (κ1) is 13.0. The lowest BCUT2D eigenvalue weighted by molar-refractivity contribution is 0.155. The quantitative estimate of drug-likeness (QED) is 0.895. The van der Waals surface area contributed by atoms with Crippen LogP contribution in [-0.2, 0) is 0 Å². The van der Waals surface area contributed by atoms with Gasteiger partial charge in [-0.15, -0.1) is 0 Å². The number of benzene rings is 1. The third-order valence-corrected chi connectivity index (χ3v) is 5.00. The summed E-state index contributed by atoms with van der Waals surface area (Å²) in [5, 5.41) is 0. The van der Waals surface area contributed by atoms with E-state index >= 15 is 0 Å². The number of rotatable bonds is 3. The van der Waals surface area contributed by atoms with Crippen LogP contribution in [0.15, 0.2) is 24.3 Å². The molecule has 2 nitrogen and oxygen atoms in total. The van der Waals surface area contributed by atoms with Crippen LogP contribution in [0, 0.1) is 5.92 Å². The summed E-state index contributed by atoms with van der Waals surface area (Å²) in [6.07, 6.45) is 8.02. The number of hydrogen-bond donors (Lipinski definition) is 1. The predicted molar refractivity (Wildman–Crippen MR) is 78.4 cm³/mol. The fourth-order valence-electron chi connectivity index (χ4n) is 3.43. The maximum atomic E-state index is 6.06. The SMILES string of the molecule is CC1C(N)CC1c1ccc(OC2CCCCC2)cc1. The van der Waals surface area contributed by atoms with Crippen LogP contribution in [0.1, 0.15) is 56.9 Å². The molecule has 0 aliphatic heterocycles. The highest BCUT2D eigenvalue weighted by Crippen LogP contribution is 2.41. The van der Waals surface area contributed by atoms with E-state index in [2.05, 4.69) is 31.2 Å². The molecule has 0 radical (unpaired) electrons. The molecule has 19 heavy (non-hydrogen) atoms. The standard InChI is InChI=1S/C17H25NO/c1-12-16(11-17(12)18)13-7-9-15(10-8-13)19-14-5-3-2-4-6-14/h7-10,12,14,16-17H,2-6,11,18H2,1H3. The van der Waals surface area contributed by atoms with Crippen molar-refractivity contribution in [2.75, 3.05) is 0 Å². The average molecular weight is 259 g/mol. The molecule has 0 aromatic heterocycles. The molecule has 0 spiro atoms. The van der Waals surface area contributed by atoms with Gasteiger partial charge in [0, 0.05) is 6.04 Å². The molecule has 104 valence electrons. The Balaban J connectivity index is 1.59. The topological polar surface area (TPSA) is 35.2 Å². The zero-order chi connectivity index (χ0) is 13.2. The molecule has 3 rings (SSSR count). The van der Waals surface area contributed by atoms with E-state index in [1.807, 2.05) is 0 Å². The Morgan fingerprint density at radius 1 is 1.05 bits per heavy atom. The molecular weight excluding hydrogens is 234 g/mol. The molecule has 0 heterocycles. The molecule has 2 saturated carbocycles.